The van der Waals surface area contributed by atoms with E-state index in [0.29, 0.717) is 5.69 Å². The molecule has 1 aromatic heterocycles. The molecule has 0 bridgehead atoms. The lowest BCUT2D eigenvalue weighted by Crippen LogP contribution is -2.29. The van der Waals surface area contributed by atoms with Gasteiger partial charge in [-0.15, -0.1) is 0 Å². The molecule has 2 aromatic carbocycles. The number of hydrogen-bond acceptors (Lipinski definition) is 3. The Kier molecular flexibility index (Phi) is 5.69. The number of carbonyl (C=O) groups excluding carboxylic acids is 1. The average molecular weight is 389 g/mol. The Hall–Kier alpha value is -3.21. The summed E-state index contributed by atoms with van der Waals surface area (Å²) in [6.07, 6.45) is 0. The fraction of sp³-hybridized carbons (Fsp3) is 0.292. The van der Waals surface area contributed by atoms with Gasteiger partial charge < -0.3 is 5.32 Å². The lowest BCUT2D eigenvalue weighted by atomic mass is 9.99. The maximum atomic E-state index is 12.6. The number of rotatable bonds is 4. The van der Waals surface area contributed by atoms with Gasteiger partial charge in [-0.3, -0.25) is 9.59 Å². The number of aromatic nitrogens is 2. The molecule has 0 saturated heterocycles. The van der Waals surface area contributed by atoms with Gasteiger partial charge in [-0.25, -0.2) is 4.68 Å². The highest BCUT2D eigenvalue weighted by molar-refractivity contribution is 5.92. The van der Waals surface area contributed by atoms with Crippen molar-refractivity contribution in [1.29, 1.82) is 0 Å². The highest BCUT2D eigenvalue weighted by Gasteiger charge is 2.13. The van der Waals surface area contributed by atoms with E-state index in [0.717, 1.165) is 39.1 Å². The van der Waals surface area contributed by atoms with Crippen LogP contribution in [-0.2, 0) is 11.3 Å². The van der Waals surface area contributed by atoms with Gasteiger partial charge >= 0.3 is 0 Å². The predicted molar refractivity (Wildman–Crippen MR) is 117 cm³/mol. The van der Waals surface area contributed by atoms with Gasteiger partial charge in [0.25, 0.3) is 5.56 Å². The fourth-order valence-electron chi connectivity index (χ4n) is 3.63. The normalized spacial score (nSPS) is 10.8. The van der Waals surface area contributed by atoms with E-state index < -0.39 is 0 Å². The first-order valence-electron chi connectivity index (χ1n) is 9.70. The molecule has 0 spiro atoms. The second-order valence-electron chi connectivity index (χ2n) is 7.79. The van der Waals surface area contributed by atoms with Crippen molar-refractivity contribution in [3.63, 3.8) is 0 Å². The van der Waals surface area contributed by atoms with E-state index >= 15 is 0 Å². The van der Waals surface area contributed by atoms with Gasteiger partial charge in [0.15, 0.2) is 0 Å². The van der Waals surface area contributed by atoms with Gasteiger partial charge in [0, 0.05) is 17.3 Å². The highest BCUT2D eigenvalue weighted by atomic mass is 16.2. The second kappa shape index (κ2) is 8.03. The Bertz CT molecular complexity index is 1140. The van der Waals surface area contributed by atoms with Gasteiger partial charge in [0.05, 0.1) is 5.69 Å². The molecule has 3 rings (SSSR count). The summed E-state index contributed by atoms with van der Waals surface area (Å²) in [7, 11) is 0. The van der Waals surface area contributed by atoms with Crippen LogP contribution < -0.4 is 10.9 Å². The second-order valence-corrected chi connectivity index (χ2v) is 7.79. The molecular formula is C24H27N3O2. The smallest absolute Gasteiger partial charge is 0.267 e. The van der Waals surface area contributed by atoms with Crippen molar-refractivity contribution in [3.8, 4) is 11.3 Å². The molecule has 29 heavy (non-hydrogen) atoms. The number of carbonyl (C=O) groups is 1. The molecule has 0 saturated carbocycles. The van der Waals surface area contributed by atoms with E-state index in [1.165, 1.54) is 16.3 Å². The molecular weight excluding hydrogens is 362 g/mol. The van der Waals surface area contributed by atoms with Gasteiger partial charge in [-0.2, -0.15) is 5.10 Å². The molecule has 0 aliphatic carbocycles. The van der Waals surface area contributed by atoms with Crippen LogP contribution in [0.4, 0.5) is 5.69 Å². The monoisotopic (exact) mass is 389 g/mol. The van der Waals surface area contributed by atoms with E-state index in [2.05, 4.69) is 29.5 Å². The first kappa shape index (κ1) is 20.5. The summed E-state index contributed by atoms with van der Waals surface area (Å²) < 4.78 is 1.22. The van der Waals surface area contributed by atoms with Crippen LogP contribution in [0, 0.1) is 41.5 Å². The molecule has 1 N–H and O–H groups in total. The molecule has 5 heteroatoms. The first-order valence-corrected chi connectivity index (χ1v) is 9.70. The maximum absolute atomic E-state index is 12.6. The zero-order chi connectivity index (χ0) is 21.3. The van der Waals surface area contributed by atoms with Crippen LogP contribution >= 0.6 is 0 Å². The molecule has 3 aromatic rings. The summed E-state index contributed by atoms with van der Waals surface area (Å²) in [6.45, 7) is 12.0. The van der Waals surface area contributed by atoms with Crippen LogP contribution in [0.1, 0.15) is 33.4 Å². The molecule has 0 radical (unpaired) electrons. The highest BCUT2D eigenvalue weighted by Crippen LogP contribution is 2.24. The molecule has 5 nitrogen and oxygen atoms in total. The van der Waals surface area contributed by atoms with Crippen molar-refractivity contribution >= 4 is 11.6 Å². The first-order chi connectivity index (χ1) is 13.7. The number of anilines is 1. The standard InChI is InChI=1S/C24H27N3O2/c1-14-9-18(5)24(19(6)10-14)25-22(28)13-27-23(29)8-7-21(26-27)20-12-16(3)15(2)11-17(20)4/h7-12H,13H2,1-6H3,(H,25,28). The Labute approximate surface area is 171 Å². The minimum atomic E-state index is -0.303. The van der Waals surface area contributed by atoms with Crippen LogP contribution in [0.15, 0.2) is 41.2 Å². The number of benzene rings is 2. The lowest BCUT2D eigenvalue weighted by molar-refractivity contribution is -0.117. The minimum absolute atomic E-state index is 0.136. The third-order valence-electron chi connectivity index (χ3n) is 5.22. The summed E-state index contributed by atoms with van der Waals surface area (Å²) in [5, 5.41) is 7.39. The molecule has 0 atom stereocenters. The van der Waals surface area contributed by atoms with Crippen LogP contribution in [-0.4, -0.2) is 15.7 Å². The third kappa shape index (κ3) is 4.45. The third-order valence-corrected chi connectivity index (χ3v) is 5.22. The van der Waals surface area contributed by atoms with Crippen LogP contribution in [0.5, 0.6) is 0 Å². The summed E-state index contributed by atoms with van der Waals surface area (Å²) in [5.41, 5.74) is 8.72. The molecule has 0 aliphatic rings. The number of nitrogens with one attached hydrogen (secondary N) is 1. The van der Waals surface area contributed by atoms with Gasteiger partial charge in [0.2, 0.25) is 5.91 Å². The van der Waals surface area contributed by atoms with Crippen molar-refractivity contribution in [1.82, 2.24) is 9.78 Å². The molecule has 0 fully saturated rings. The SMILES string of the molecule is Cc1cc(C)c(NC(=O)Cn2nc(-c3cc(C)c(C)cc3C)ccc2=O)c(C)c1. The van der Waals surface area contributed by atoms with E-state index in [4.69, 9.17) is 0 Å². The zero-order valence-corrected chi connectivity index (χ0v) is 17.9. The average Bonchev–Trinajstić information content (AvgIpc) is 2.63. The number of nitrogens with zero attached hydrogens (tertiary/aromatic N) is 2. The van der Waals surface area contributed by atoms with Gasteiger partial charge in [-0.1, -0.05) is 23.8 Å². The molecule has 1 heterocycles. The molecule has 0 unspecified atom stereocenters. The summed E-state index contributed by atoms with van der Waals surface area (Å²) in [5.74, 6) is -0.274. The van der Waals surface area contributed by atoms with Crippen LogP contribution in [0.25, 0.3) is 11.3 Å². The zero-order valence-electron chi connectivity index (χ0n) is 17.9. The lowest BCUT2D eigenvalue weighted by Gasteiger charge is -2.14. The molecule has 150 valence electrons. The Morgan fingerprint density at radius 3 is 2.14 bits per heavy atom. The summed E-state index contributed by atoms with van der Waals surface area (Å²) >= 11 is 0. The van der Waals surface area contributed by atoms with Crippen molar-refractivity contribution in [2.45, 2.75) is 48.1 Å². The van der Waals surface area contributed by atoms with Gasteiger partial charge in [0.1, 0.15) is 6.54 Å². The topological polar surface area (TPSA) is 64.0 Å². The van der Waals surface area contributed by atoms with E-state index in [-0.39, 0.29) is 18.0 Å². The molecule has 1 amide bonds. The van der Waals surface area contributed by atoms with E-state index in [9.17, 15) is 9.59 Å². The fourth-order valence-corrected chi connectivity index (χ4v) is 3.63. The number of hydrogen-bond donors (Lipinski definition) is 1. The van der Waals surface area contributed by atoms with Crippen molar-refractivity contribution < 1.29 is 4.79 Å². The van der Waals surface area contributed by atoms with Crippen LogP contribution in [0.3, 0.4) is 0 Å². The predicted octanol–water partition coefficient (Wildman–Crippen LogP) is 4.40. The molecule has 0 aliphatic heterocycles. The largest absolute Gasteiger partial charge is 0.324 e. The Balaban J connectivity index is 1.89. The quantitative estimate of drug-likeness (QED) is 0.719. The van der Waals surface area contributed by atoms with Crippen molar-refractivity contribution in [2.75, 3.05) is 5.32 Å². The number of aryl methyl sites for hydroxylation is 6. The van der Waals surface area contributed by atoms with Gasteiger partial charge in [-0.05, 0) is 81.5 Å². The van der Waals surface area contributed by atoms with Crippen molar-refractivity contribution in [3.05, 3.63) is 80.1 Å². The maximum Gasteiger partial charge on any atom is 0.267 e. The summed E-state index contributed by atoms with van der Waals surface area (Å²) in [6, 6.07) is 11.4. The van der Waals surface area contributed by atoms with Crippen LogP contribution in [0.2, 0.25) is 0 Å². The van der Waals surface area contributed by atoms with E-state index in [1.54, 1.807) is 6.07 Å². The Morgan fingerprint density at radius 1 is 0.862 bits per heavy atom. The minimum Gasteiger partial charge on any atom is -0.324 e. The van der Waals surface area contributed by atoms with Crippen molar-refractivity contribution in [2.24, 2.45) is 0 Å². The van der Waals surface area contributed by atoms with E-state index in [1.807, 2.05) is 46.8 Å². The number of amides is 1. The summed E-state index contributed by atoms with van der Waals surface area (Å²) in [4.78, 5) is 24.9. The Morgan fingerprint density at radius 2 is 1.48 bits per heavy atom.